The van der Waals surface area contributed by atoms with Crippen LogP contribution in [0.2, 0.25) is 0 Å². The van der Waals surface area contributed by atoms with Crippen LogP contribution in [0.1, 0.15) is 15.9 Å². The molecule has 0 bridgehead atoms. The van der Waals surface area contributed by atoms with E-state index in [9.17, 15) is 14.4 Å². The van der Waals surface area contributed by atoms with Crippen LogP contribution in [0.3, 0.4) is 0 Å². The first kappa shape index (κ1) is 20.6. The van der Waals surface area contributed by atoms with Crippen molar-refractivity contribution in [2.24, 2.45) is 0 Å². The summed E-state index contributed by atoms with van der Waals surface area (Å²) in [4.78, 5) is 38.4. The Morgan fingerprint density at radius 2 is 1.87 bits per heavy atom. The molecule has 1 atom stereocenters. The summed E-state index contributed by atoms with van der Waals surface area (Å²) in [7, 11) is 1.58. The number of hydrogen-bond acceptors (Lipinski definition) is 7. The van der Waals surface area contributed by atoms with Gasteiger partial charge in [-0.3, -0.25) is 19.7 Å². The van der Waals surface area contributed by atoms with E-state index in [-0.39, 0.29) is 22.3 Å². The summed E-state index contributed by atoms with van der Waals surface area (Å²) in [5.41, 5.74) is 1.61. The Balaban J connectivity index is 1.28. The molecule has 1 unspecified atom stereocenters. The average Bonchev–Trinajstić information content (AvgIpc) is 3.07. The minimum Gasteiger partial charge on any atom is -0.497 e. The van der Waals surface area contributed by atoms with Crippen molar-refractivity contribution in [3.8, 4) is 11.5 Å². The number of imide groups is 1. The number of nitrogens with zero attached hydrogens (tertiary/aromatic N) is 1. The lowest BCUT2D eigenvalue weighted by Crippen LogP contribution is -2.37. The fourth-order valence-corrected chi connectivity index (χ4v) is 5.08. The molecule has 2 heterocycles. The van der Waals surface area contributed by atoms with Gasteiger partial charge in [-0.15, -0.1) is 11.8 Å². The van der Waals surface area contributed by atoms with Crippen molar-refractivity contribution in [3.63, 3.8) is 0 Å². The number of amides is 3. The Morgan fingerprint density at radius 3 is 2.57 bits per heavy atom. The SMILES string of the molecule is COc1ccc2c(c1)C(=O)N(CCOc1ccc(CC3SC(=O)NC3=O)cc1)CS2. The molecule has 4 rings (SSSR count). The van der Waals surface area contributed by atoms with E-state index < -0.39 is 0 Å². The third-order valence-corrected chi connectivity index (χ3v) is 6.91. The van der Waals surface area contributed by atoms with Crippen LogP contribution in [-0.4, -0.2) is 53.3 Å². The van der Waals surface area contributed by atoms with Gasteiger partial charge in [-0.2, -0.15) is 0 Å². The van der Waals surface area contributed by atoms with Gasteiger partial charge in [0.05, 0.1) is 30.3 Å². The fourth-order valence-electron chi connectivity index (χ4n) is 3.21. The fraction of sp³-hybridized carbons (Fsp3) is 0.286. The maximum absolute atomic E-state index is 12.7. The number of thioether (sulfide) groups is 2. The zero-order valence-electron chi connectivity index (χ0n) is 16.3. The van der Waals surface area contributed by atoms with E-state index in [1.165, 1.54) is 0 Å². The minimum atomic E-state index is -0.381. The lowest BCUT2D eigenvalue weighted by molar-refractivity contribution is -0.118. The molecule has 0 saturated carbocycles. The molecule has 1 fully saturated rings. The highest BCUT2D eigenvalue weighted by molar-refractivity contribution is 8.15. The van der Waals surface area contributed by atoms with Crippen LogP contribution in [0.25, 0.3) is 0 Å². The van der Waals surface area contributed by atoms with Gasteiger partial charge in [-0.25, -0.2) is 0 Å². The molecule has 156 valence electrons. The first-order valence-corrected chi connectivity index (χ1v) is 11.2. The summed E-state index contributed by atoms with van der Waals surface area (Å²) >= 11 is 2.64. The van der Waals surface area contributed by atoms with E-state index in [2.05, 4.69) is 5.32 Å². The summed E-state index contributed by atoms with van der Waals surface area (Å²) in [6, 6.07) is 13.0. The van der Waals surface area contributed by atoms with Gasteiger partial charge in [0.25, 0.3) is 11.1 Å². The molecule has 1 N–H and O–H groups in total. The van der Waals surface area contributed by atoms with Crippen molar-refractivity contribution in [1.82, 2.24) is 10.2 Å². The lowest BCUT2D eigenvalue weighted by Gasteiger charge is -2.28. The van der Waals surface area contributed by atoms with Gasteiger partial charge in [-0.05, 0) is 42.3 Å². The van der Waals surface area contributed by atoms with Crippen LogP contribution in [0.5, 0.6) is 11.5 Å². The largest absolute Gasteiger partial charge is 0.497 e. The van der Waals surface area contributed by atoms with Gasteiger partial charge in [0, 0.05) is 4.90 Å². The maximum Gasteiger partial charge on any atom is 0.286 e. The van der Waals surface area contributed by atoms with Crippen LogP contribution in [0.4, 0.5) is 4.79 Å². The van der Waals surface area contributed by atoms with E-state index >= 15 is 0 Å². The molecule has 7 nitrogen and oxygen atoms in total. The standard InChI is InChI=1S/C21H20N2O5S2/c1-27-15-6-7-17-16(11-15)20(25)23(12-29-17)8-9-28-14-4-2-13(3-5-14)10-18-19(24)22-21(26)30-18/h2-7,11,18H,8-10,12H2,1H3,(H,22,24,26). The molecular weight excluding hydrogens is 424 g/mol. The second-order valence-corrected chi connectivity index (χ2v) is 8.95. The van der Waals surface area contributed by atoms with Crippen LogP contribution in [0.15, 0.2) is 47.4 Å². The summed E-state index contributed by atoms with van der Waals surface area (Å²) in [6.45, 7) is 0.853. The predicted octanol–water partition coefficient (Wildman–Crippen LogP) is 3.17. The number of carbonyl (C=O) groups is 3. The van der Waals surface area contributed by atoms with Crippen molar-refractivity contribution in [2.75, 3.05) is 26.1 Å². The average molecular weight is 445 g/mol. The molecule has 2 aliphatic rings. The molecule has 0 spiro atoms. The lowest BCUT2D eigenvalue weighted by atomic mass is 10.1. The molecular formula is C21H20N2O5S2. The van der Waals surface area contributed by atoms with Gasteiger partial charge < -0.3 is 14.4 Å². The Kier molecular flexibility index (Phi) is 6.19. The Morgan fingerprint density at radius 1 is 1.10 bits per heavy atom. The molecule has 2 aromatic carbocycles. The number of rotatable bonds is 7. The van der Waals surface area contributed by atoms with Gasteiger partial charge >= 0.3 is 0 Å². The number of methoxy groups -OCH3 is 1. The second-order valence-electron chi connectivity index (χ2n) is 6.78. The Hall–Kier alpha value is -2.65. The molecule has 9 heteroatoms. The molecule has 1 saturated heterocycles. The number of hydrogen-bond donors (Lipinski definition) is 1. The number of fused-ring (bicyclic) bond motifs is 1. The molecule has 3 amide bonds. The second kappa shape index (κ2) is 9.01. The van der Waals surface area contributed by atoms with E-state index in [4.69, 9.17) is 9.47 Å². The summed E-state index contributed by atoms with van der Waals surface area (Å²) in [6.07, 6.45) is 0.491. The molecule has 30 heavy (non-hydrogen) atoms. The first-order chi connectivity index (χ1) is 14.5. The summed E-state index contributed by atoms with van der Waals surface area (Å²) in [5, 5.41) is 1.62. The van der Waals surface area contributed by atoms with E-state index in [1.54, 1.807) is 29.8 Å². The molecule has 0 aromatic heterocycles. The van der Waals surface area contributed by atoms with Crippen molar-refractivity contribution in [2.45, 2.75) is 16.6 Å². The zero-order chi connectivity index (χ0) is 21.1. The third kappa shape index (κ3) is 4.57. The predicted molar refractivity (Wildman–Crippen MR) is 115 cm³/mol. The smallest absolute Gasteiger partial charge is 0.286 e. The Bertz CT molecular complexity index is 980. The highest BCUT2D eigenvalue weighted by Gasteiger charge is 2.31. The van der Waals surface area contributed by atoms with Crippen LogP contribution in [-0.2, 0) is 11.2 Å². The number of ether oxygens (including phenoxy) is 2. The van der Waals surface area contributed by atoms with E-state index in [1.807, 2.05) is 36.4 Å². The molecule has 0 radical (unpaired) electrons. The van der Waals surface area contributed by atoms with Gasteiger partial charge in [0.1, 0.15) is 18.1 Å². The van der Waals surface area contributed by atoms with Gasteiger partial charge in [0.15, 0.2) is 0 Å². The number of benzene rings is 2. The van der Waals surface area contributed by atoms with E-state index in [0.717, 1.165) is 22.2 Å². The van der Waals surface area contributed by atoms with Crippen LogP contribution < -0.4 is 14.8 Å². The van der Waals surface area contributed by atoms with Crippen molar-refractivity contribution >= 4 is 40.6 Å². The monoisotopic (exact) mass is 444 g/mol. The van der Waals surface area contributed by atoms with Gasteiger partial charge in [0.2, 0.25) is 5.91 Å². The normalized spacial score (nSPS) is 18.2. The zero-order valence-corrected chi connectivity index (χ0v) is 17.9. The van der Waals surface area contributed by atoms with Crippen molar-refractivity contribution in [1.29, 1.82) is 0 Å². The number of nitrogens with one attached hydrogen (secondary N) is 1. The maximum atomic E-state index is 12.7. The summed E-state index contributed by atoms with van der Waals surface area (Å²) in [5.74, 6) is 1.67. The van der Waals surface area contributed by atoms with Crippen LogP contribution >= 0.6 is 23.5 Å². The van der Waals surface area contributed by atoms with Crippen LogP contribution in [0, 0.1) is 0 Å². The number of carbonyl (C=O) groups excluding carboxylic acids is 3. The van der Waals surface area contributed by atoms with E-state index in [0.29, 0.717) is 42.5 Å². The topological polar surface area (TPSA) is 84.9 Å². The third-order valence-electron chi connectivity index (χ3n) is 4.82. The molecule has 2 aromatic rings. The highest BCUT2D eigenvalue weighted by Crippen LogP contribution is 2.32. The van der Waals surface area contributed by atoms with Crippen molar-refractivity contribution < 1.29 is 23.9 Å². The summed E-state index contributed by atoms with van der Waals surface area (Å²) < 4.78 is 11.0. The quantitative estimate of drug-likeness (QED) is 0.702. The molecule has 0 aliphatic carbocycles. The van der Waals surface area contributed by atoms with Crippen molar-refractivity contribution in [3.05, 3.63) is 53.6 Å². The Labute approximate surface area is 182 Å². The minimum absolute atomic E-state index is 0.0246. The first-order valence-electron chi connectivity index (χ1n) is 9.37. The highest BCUT2D eigenvalue weighted by atomic mass is 32.2. The molecule has 2 aliphatic heterocycles. The van der Waals surface area contributed by atoms with Gasteiger partial charge in [-0.1, -0.05) is 23.9 Å².